The van der Waals surface area contributed by atoms with Crippen LogP contribution in [0.25, 0.3) is 0 Å². The molecule has 0 aromatic rings. The van der Waals surface area contributed by atoms with Crippen LogP contribution in [0.5, 0.6) is 0 Å². The third kappa shape index (κ3) is 2.28. The van der Waals surface area contributed by atoms with Crippen LogP contribution in [-0.4, -0.2) is 53.2 Å². The van der Waals surface area contributed by atoms with Gasteiger partial charge in [-0.2, -0.15) is 0 Å². The summed E-state index contributed by atoms with van der Waals surface area (Å²) in [6.45, 7) is 3.43. The molecule has 0 radical (unpaired) electrons. The van der Waals surface area contributed by atoms with Gasteiger partial charge in [-0.1, -0.05) is 0 Å². The molecule has 0 aliphatic carbocycles. The number of piperidine rings is 1. The quantitative estimate of drug-likeness (QED) is 0.578. The molecule has 3 N–H and O–H groups in total. The summed E-state index contributed by atoms with van der Waals surface area (Å²) in [6.07, 6.45) is 1.21. The fourth-order valence-electron chi connectivity index (χ4n) is 2.39. The van der Waals surface area contributed by atoms with E-state index in [1.54, 1.807) is 6.92 Å². The molecule has 6 heteroatoms. The van der Waals surface area contributed by atoms with Crippen molar-refractivity contribution in [3.05, 3.63) is 0 Å². The van der Waals surface area contributed by atoms with Crippen molar-refractivity contribution < 1.29 is 14.7 Å². The molecule has 6 nitrogen and oxygen atoms in total. The molecule has 3 amide bonds. The lowest BCUT2D eigenvalue weighted by Gasteiger charge is -2.31. The van der Waals surface area contributed by atoms with Crippen molar-refractivity contribution in [2.75, 3.05) is 19.6 Å². The maximum atomic E-state index is 12.2. The van der Waals surface area contributed by atoms with E-state index in [9.17, 15) is 14.7 Å². The molecule has 2 aliphatic rings. The summed E-state index contributed by atoms with van der Waals surface area (Å²) in [7, 11) is 0. The number of carbonyl (C=O) groups is 2. The minimum absolute atomic E-state index is 0.135. The van der Waals surface area contributed by atoms with Crippen molar-refractivity contribution >= 4 is 11.9 Å². The van der Waals surface area contributed by atoms with E-state index in [0.717, 1.165) is 13.1 Å². The summed E-state index contributed by atoms with van der Waals surface area (Å²) in [5, 5.41) is 15.2. The number of amides is 3. The van der Waals surface area contributed by atoms with Gasteiger partial charge in [0.25, 0.3) is 5.91 Å². The van der Waals surface area contributed by atoms with E-state index in [2.05, 4.69) is 10.6 Å². The average molecular weight is 241 g/mol. The van der Waals surface area contributed by atoms with Crippen LogP contribution < -0.4 is 10.6 Å². The number of hydrogen-bond acceptors (Lipinski definition) is 4. The molecule has 0 aromatic heterocycles. The second-order valence-corrected chi connectivity index (χ2v) is 4.86. The molecule has 96 valence electrons. The zero-order chi connectivity index (χ0) is 12.5. The van der Waals surface area contributed by atoms with Crippen LogP contribution in [0.2, 0.25) is 0 Å². The monoisotopic (exact) mass is 241 g/mol. The topological polar surface area (TPSA) is 81.7 Å². The lowest BCUT2D eigenvalue weighted by molar-refractivity contribution is -0.132. The van der Waals surface area contributed by atoms with Crippen molar-refractivity contribution in [1.82, 2.24) is 15.5 Å². The Morgan fingerprint density at radius 3 is 2.65 bits per heavy atom. The Kier molecular flexibility index (Phi) is 3.35. The van der Waals surface area contributed by atoms with Crippen LogP contribution in [0.1, 0.15) is 26.2 Å². The normalized spacial score (nSPS) is 25.2. The van der Waals surface area contributed by atoms with Crippen molar-refractivity contribution in [1.29, 1.82) is 0 Å². The van der Waals surface area contributed by atoms with E-state index in [4.69, 9.17) is 0 Å². The summed E-state index contributed by atoms with van der Waals surface area (Å²) < 4.78 is 0. The van der Waals surface area contributed by atoms with Gasteiger partial charge in [0.15, 0.2) is 0 Å². The van der Waals surface area contributed by atoms with E-state index in [1.807, 2.05) is 0 Å². The SMILES string of the molecule is CC(O)CCN1C(=O)NC2(CCNCC2)C1=O. The van der Waals surface area contributed by atoms with Gasteiger partial charge >= 0.3 is 6.03 Å². The van der Waals surface area contributed by atoms with Crippen LogP contribution >= 0.6 is 0 Å². The molecule has 2 rings (SSSR count). The Labute approximate surface area is 100 Å². The second kappa shape index (κ2) is 4.62. The Hall–Kier alpha value is -1.14. The Morgan fingerprint density at radius 1 is 1.41 bits per heavy atom. The zero-order valence-corrected chi connectivity index (χ0v) is 10.0. The highest BCUT2D eigenvalue weighted by Crippen LogP contribution is 2.26. The van der Waals surface area contributed by atoms with Crippen molar-refractivity contribution in [3.63, 3.8) is 0 Å². The molecule has 1 unspecified atom stereocenters. The van der Waals surface area contributed by atoms with Gasteiger partial charge in [-0.05, 0) is 39.3 Å². The Bertz CT molecular complexity index is 324. The first kappa shape index (κ1) is 12.3. The summed E-state index contributed by atoms with van der Waals surface area (Å²) in [6, 6.07) is -0.322. The van der Waals surface area contributed by atoms with Gasteiger partial charge in [-0.15, -0.1) is 0 Å². The number of urea groups is 1. The first-order chi connectivity index (χ1) is 8.05. The fraction of sp³-hybridized carbons (Fsp3) is 0.818. The van der Waals surface area contributed by atoms with Crippen LogP contribution in [-0.2, 0) is 4.79 Å². The van der Waals surface area contributed by atoms with Gasteiger partial charge in [0.05, 0.1) is 6.10 Å². The zero-order valence-electron chi connectivity index (χ0n) is 10.0. The van der Waals surface area contributed by atoms with Gasteiger partial charge in [0.1, 0.15) is 5.54 Å². The first-order valence-corrected chi connectivity index (χ1v) is 6.08. The summed E-state index contributed by atoms with van der Waals surface area (Å²) >= 11 is 0. The summed E-state index contributed by atoms with van der Waals surface area (Å²) in [5.74, 6) is -0.135. The largest absolute Gasteiger partial charge is 0.393 e. The molecule has 17 heavy (non-hydrogen) atoms. The highest BCUT2D eigenvalue weighted by atomic mass is 16.3. The van der Waals surface area contributed by atoms with Gasteiger partial charge in [0, 0.05) is 6.54 Å². The molecule has 2 fully saturated rings. The second-order valence-electron chi connectivity index (χ2n) is 4.86. The van der Waals surface area contributed by atoms with E-state index < -0.39 is 11.6 Å². The van der Waals surface area contributed by atoms with Gasteiger partial charge in [-0.3, -0.25) is 9.69 Å². The summed E-state index contributed by atoms with van der Waals surface area (Å²) in [5.41, 5.74) is -0.693. The molecule has 1 atom stereocenters. The van der Waals surface area contributed by atoms with E-state index in [1.165, 1.54) is 4.90 Å². The van der Waals surface area contributed by atoms with Crippen LogP contribution in [0.4, 0.5) is 4.79 Å². The molecule has 2 saturated heterocycles. The lowest BCUT2D eigenvalue weighted by Crippen LogP contribution is -2.53. The number of aliphatic hydroxyl groups is 1. The number of carbonyl (C=O) groups excluding carboxylic acids is 2. The average Bonchev–Trinajstić information content (AvgIpc) is 2.50. The molecule has 2 heterocycles. The highest BCUT2D eigenvalue weighted by Gasteiger charge is 2.50. The van der Waals surface area contributed by atoms with Gasteiger partial charge in [-0.25, -0.2) is 4.79 Å². The first-order valence-electron chi connectivity index (χ1n) is 6.08. The number of rotatable bonds is 3. The predicted molar refractivity (Wildman–Crippen MR) is 61.4 cm³/mol. The molecule has 0 bridgehead atoms. The molecule has 1 spiro atoms. The molecular weight excluding hydrogens is 222 g/mol. The van der Waals surface area contributed by atoms with Crippen LogP contribution in [0.15, 0.2) is 0 Å². The number of imide groups is 1. The fourth-order valence-corrected chi connectivity index (χ4v) is 2.39. The standard InChI is InChI=1S/C11H19N3O3/c1-8(15)2-7-14-9(16)11(13-10(14)17)3-5-12-6-4-11/h8,12,15H,2-7H2,1H3,(H,13,17). The Balaban J connectivity index is 2.05. The molecule has 2 aliphatic heterocycles. The van der Waals surface area contributed by atoms with E-state index >= 15 is 0 Å². The van der Waals surface area contributed by atoms with Crippen molar-refractivity contribution in [2.45, 2.75) is 37.8 Å². The maximum Gasteiger partial charge on any atom is 0.325 e. The van der Waals surface area contributed by atoms with E-state index in [-0.39, 0.29) is 18.5 Å². The third-order valence-corrected chi connectivity index (χ3v) is 3.47. The van der Waals surface area contributed by atoms with Crippen LogP contribution in [0, 0.1) is 0 Å². The predicted octanol–water partition coefficient (Wildman–Crippen LogP) is -0.569. The number of nitrogens with zero attached hydrogens (tertiary/aromatic N) is 1. The van der Waals surface area contributed by atoms with Gasteiger partial charge < -0.3 is 15.7 Å². The number of nitrogens with one attached hydrogen (secondary N) is 2. The minimum Gasteiger partial charge on any atom is -0.393 e. The highest BCUT2D eigenvalue weighted by molar-refractivity contribution is 6.07. The van der Waals surface area contributed by atoms with Gasteiger partial charge in [0.2, 0.25) is 0 Å². The lowest BCUT2D eigenvalue weighted by atomic mass is 9.88. The molecule has 0 saturated carbocycles. The van der Waals surface area contributed by atoms with E-state index in [0.29, 0.717) is 19.3 Å². The third-order valence-electron chi connectivity index (χ3n) is 3.47. The minimum atomic E-state index is -0.693. The molecular formula is C11H19N3O3. The number of aliphatic hydroxyl groups excluding tert-OH is 1. The molecule has 0 aromatic carbocycles. The number of hydrogen-bond donors (Lipinski definition) is 3. The maximum absolute atomic E-state index is 12.2. The Morgan fingerprint density at radius 2 is 2.06 bits per heavy atom. The summed E-state index contributed by atoms with van der Waals surface area (Å²) in [4.78, 5) is 25.2. The van der Waals surface area contributed by atoms with Crippen molar-refractivity contribution in [3.8, 4) is 0 Å². The van der Waals surface area contributed by atoms with Crippen molar-refractivity contribution in [2.24, 2.45) is 0 Å². The smallest absolute Gasteiger partial charge is 0.325 e. The van der Waals surface area contributed by atoms with Crippen LogP contribution in [0.3, 0.4) is 0 Å².